The molecule has 0 saturated heterocycles. The van der Waals surface area contributed by atoms with Gasteiger partial charge in [-0.1, -0.05) is 31.2 Å². The smallest absolute Gasteiger partial charge is 0.0847 e. The molecule has 2 heterocycles. The standard InChI is InChI=1S/C17H18N2S/c1-3-18-16(17-12(2)10-11-20-17)15-9-8-13-6-4-5-7-14(13)19-15/h4-11,16,18H,3H2,1-2H3. The molecule has 0 bridgehead atoms. The van der Waals surface area contributed by atoms with Gasteiger partial charge in [-0.3, -0.25) is 4.98 Å². The number of hydrogen-bond acceptors (Lipinski definition) is 3. The van der Waals surface area contributed by atoms with Crippen molar-refractivity contribution in [3.8, 4) is 0 Å². The molecule has 1 aromatic carbocycles. The van der Waals surface area contributed by atoms with Crippen LogP contribution in [0.2, 0.25) is 0 Å². The number of pyridine rings is 1. The van der Waals surface area contributed by atoms with Gasteiger partial charge in [0.2, 0.25) is 0 Å². The van der Waals surface area contributed by atoms with Gasteiger partial charge in [0.05, 0.1) is 17.3 Å². The quantitative estimate of drug-likeness (QED) is 0.771. The van der Waals surface area contributed by atoms with Crippen LogP contribution in [-0.2, 0) is 0 Å². The van der Waals surface area contributed by atoms with Gasteiger partial charge >= 0.3 is 0 Å². The highest BCUT2D eigenvalue weighted by atomic mass is 32.1. The number of fused-ring (bicyclic) bond motifs is 1. The van der Waals surface area contributed by atoms with Crippen molar-refractivity contribution in [2.45, 2.75) is 19.9 Å². The van der Waals surface area contributed by atoms with Gasteiger partial charge in [0.15, 0.2) is 0 Å². The number of aryl methyl sites for hydroxylation is 1. The summed E-state index contributed by atoms with van der Waals surface area (Å²) in [6, 6.07) is 14.9. The average Bonchev–Trinajstić information content (AvgIpc) is 2.90. The van der Waals surface area contributed by atoms with Crippen LogP contribution in [0.4, 0.5) is 0 Å². The van der Waals surface area contributed by atoms with Crippen LogP contribution < -0.4 is 5.32 Å². The largest absolute Gasteiger partial charge is 0.305 e. The summed E-state index contributed by atoms with van der Waals surface area (Å²) >= 11 is 1.80. The van der Waals surface area contributed by atoms with E-state index in [1.165, 1.54) is 15.8 Å². The lowest BCUT2D eigenvalue weighted by Crippen LogP contribution is -2.22. The summed E-state index contributed by atoms with van der Waals surface area (Å²) in [5, 5.41) is 6.89. The van der Waals surface area contributed by atoms with Crippen molar-refractivity contribution in [1.29, 1.82) is 0 Å². The molecule has 2 nitrogen and oxygen atoms in total. The van der Waals surface area contributed by atoms with E-state index in [-0.39, 0.29) is 6.04 Å². The zero-order chi connectivity index (χ0) is 13.9. The molecule has 1 atom stereocenters. The predicted molar refractivity (Wildman–Crippen MR) is 86.3 cm³/mol. The monoisotopic (exact) mass is 282 g/mol. The number of benzene rings is 1. The molecule has 3 aromatic rings. The van der Waals surface area contributed by atoms with Gasteiger partial charge in [-0.25, -0.2) is 0 Å². The molecule has 3 rings (SSSR count). The minimum absolute atomic E-state index is 0.185. The lowest BCUT2D eigenvalue weighted by molar-refractivity contribution is 0.624. The maximum atomic E-state index is 4.84. The highest BCUT2D eigenvalue weighted by Crippen LogP contribution is 2.29. The molecule has 102 valence electrons. The fraction of sp³-hybridized carbons (Fsp3) is 0.235. The number of nitrogens with one attached hydrogen (secondary N) is 1. The van der Waals surface area contributed by atoms with Gasteiger partial charge in [0.25, 0.3) is 0 Å². The van der Waals surface area contributed by atoms with Crippen LogP contribution in [-0.4, -0.2) is 11.5 Å². The predicted octanol–water partition coefficient (Wildman–Crippen LogP) is 4.30. The fourth-order valence-corrected chi connectivity index (χ4v) is 3.47. The van der Waals surface area contributed by atoms with Crippen molar-refractivity contribution in [3.05, 3.63) is 64.0 Å². The van der Waals surface area contributed by atoms with E-state index in [4.69, 9.17) is 4.98 Å². The maximum Gasteiger partial charge on any atom is 0.0847 e. The first-order valence-corrected chi connectivity index (χ1v) is 7.80. The molecule has 0 aliphatic heterocycles. The summed E-state index contributed by atoms with van der Waals surface area (Å²) in [6.07, 6.45) is 0. The Balaban J connectivity index is 2.07. The molecule has 1 unspecified atom stereocenters. The lowest BCUT2D eigenvalue weighted by atomic mass is 10.1. The zero-order valence-electron chi connectivity index (χ0n) is 11.8. The summed E-state index contributed by atoms with van der Waals surface area (Å²) in [6.45, 7) is 5.23. The minimum atomic E-state index is 0.185. The number of hydrogen-bond donors (Lipinski definition) is 1. The Morgan fingerprint density at radius 1 is 1.15 bits per heavy atom. The van der Waals surface area contributed by atoms with E-state index in [1.54, 1.807) is 11.3 Å². The van der Waals surface area contributed by atoms with Gasteiger partial charge in [0.1, 0.15) is 0 Å². The molecular weight excluding hydrogens is 264 g/mol. The van der Waals surface area contributed by atoms with Crippen molar-refractivity contribution >= 4 is 22.2 Å². The fourth-order valence-electron chi connectivity index (χ4n) is 2.46. The molecule has 0 aliphatic rings. The summed E-state index contributed by atoms with van der Waals surface area (Å²) in [5.74, 6) is 0. The van der Waals surface area contributed by atoms with E-state index in [9.17, 15) is 0 Å². The molecule has 0 fully saturated rings. The van der Waals surface area contributed by atoms with Gasteiger partial charge in [-0.05, 0) is 42.6 Å². The van der Waals surface area contributed by atoms with Crippen molar-refractivity contribution < 1.29 is 0 Å². The second-order valence-corrected chi connectivity index (χ2v) is 5.84. The minimum Gasteiger partial charge on any atom is -0.305 e. The second kappa shape index (κ2) is 5.73. The second-order valence-electron chi connectivity index (χ2n) is 4.89. The van der Waals surface area contributed by atoms with E-state index in [2.05, 4.69) is 60.9 Å². The van der Waals surface area contributed by atoms with Crippen LogP contribution in [0.25, 0.3) is 10.9 Å². The SMILES string of the molecule is CCNC(c1ccc2ccccc2n1)c1sccc1C. The molecule has 0 amide bonds. The van der Waals surface area contributed by atoms with Crippen LogP contribution >= 0.6 is 11.3 Å². The average molecular weight is 282 g/mol. The third-order valence-electron chi connectivity index (χ3n) is 3.49. The Hall–Kier alpha value is -1.71. The number of aromatic nitrogens is 1. The van der Waals surface area contributed by atoms with Crippen LogP contribution in [0.15, 0.2) is 47.8 Å². The molecule has 0 saturated carbocycles. The Kier molecular flexibility index (Phi) is 3.81. The molecule has 20 heavy (non-hydrogen) atoms. The topological polar surface area (TPSA) is 24.9 Å². The number of para-hydroxylation sites is 1. The van der Waals surface area contributed by atoms with Crippen LogP contribution in [0.1, 0.15) is 29.1 Å². The molecule has 3 heteroatoms. The third kappa shape index (κ3) is 2.47. The van der Waals surface area contributed by atoms with Crippen molar-refractivity contribution in [1.82, 2.24) is 10.3 Å². The van der Waals surface area contributed by atoms with E-state index in [0.29, 0.717) is 0 Å². The highest BCUT2D eigenvalue weighted by Gasteiger charge is 2.17. The number of thiophene rings is 1. The lowest BCUT2D eigenvalue weighted by Gasteiger charge is -2.17. The Morgan fingerprint density at radius 3 is 2.75 bits per heavy atom. The van der Waals surface area contributed by atoms with E-state index < -0.39 is 0 Å². The van der Waals surface area contributed by atoms with E-state index in [1.807, 2.05) is 6.07 Å². The van der Waals surface area contributed by atoms with Crippen LogP contribution in [0.3, 0.4) is 0 Å². The summed E-state index contributed by atoms with van der Waals surface area (Å²) in [7, 11) is 0. The first kappa shape index (κ1) is 13.3. The normalized spacial score (nSPS) is 12.7. The summed E-state index contributed by atoms with van der Waals surface area (Å²) in [4.78, 5) is 6.19. The molecule has 0 radical (unpaired) electrons. The third-order valence-corrected chi connectivity index (χ3v) is 4.57. The van der Waals surface area contributed by atoms with Crippen LogP contribution in [0, 0.1) is 6.92 Å². The first-order chi connectivity index (χ1) is 9.79. The molecular formula is C17H18N2S. The van der Waals surface area contributed by atoms with Crippen molar-refractivity contribution in [2.75, 3.05) is 6.54 Å². The molecule has 0 aliphatic carbocycles. The van der Waals surface area contributed by atoms with Crippen LogP contribution in [0.5, 0.6) is 0 Å². The van der Waals surface area contributed by atoms with Gasteiger partial charge in [0, 0.05) is 10.3 Å². The zero-order valence-corrected chi connectivity index (χ0v) is 12.6. The Morgan fingerprint density at radius 2 is 2.00 bits per heavy atom. The van der Waals surface area contributed by atoms with E-state index >= 15 is 0 Å². The van der Waals surface area contributed by atoms with Gasteiger partial charge < -0.3 is 5.32 Å². The molecule has 1 N–H and O–H groups in total. The first-order valence-electron chi connectivity index (χ1n) is 6.92. The van der Waals surface area contributed by atoms with E-state index in [0.717, 1.165) is 17.8 Å². The number of rotatable bonds is 4. The highest BCUT2D eigenvalue weighted by molar-refractivity contribution is 7.10. The van der Waals surface area contributed by atoms with Gasteiger partial charge in [-0.2, -0.15) is 0 Å². The Labute approximate surface area is 123 Å². The molecule has 0 spiro atoms. The Bertz CT molecular complexity index is 718. The summed E-state index contributed by atoms with van der Waals surface area (Å²) < 4.78 is 0. The number of nitrogens with zero attached hydrogens (tertiary/aromatic N) is 1. The van der Waals surface area contributed by atoms with Gasteiger partial charge in [-0.15, -0.1) is 11.3 Å². The summed E-state index contributed by atoms with van der Waals surface area (Å²) in [5.41, 5.74) is 3.48. The van der Waals surface area contributed by atoms with Crippen molar-refractivity contribution in [2.24, 2.45) is 0 Å². The van der Waals surface area contributed by atoms with Crippen molar-refractivity contribution in [3.63, 3.8) is 0 Å². The molecule has 2 aromatic heterocycles. The maximum absolute atomic E-state index is 4.84.